The lowest BCUT2D eigenvalue weighted by atomic mass is 10.1. The van der Waals surface area contributed by atoms with Gasteiger partial charge >= 0.3 is 6.01 Å². The average Bonchev–Trinajstić information content (AvgIpc) is 3.51. The van der Waals surface area contributed by atoms with Crippen LogP contribution in [0, 0.1) is 0 Å². The van der Waals surface area contributed by atoms with Crippen LogP contribution in [0.25, 0.3) is 28.3 Å². The molecule has 35 heavy (non-hydrogen) atoms. The Labute approximate surface area is 207 Å². The Kier molecular flexibility index (Phi) is 6.50. The summed E-state index contributed by atoms with van der Waals surface area (Å²) in [6.07, 6.45) is 2.32. The third-order valence-corrected chi connectivity index (χ3v) is 5.96. The summed E-state index contributed by atoms with van der Waals surface area (Å²) in [4.78, 5) is 21.8. The van der Waals surface area contributed by atoms with Crippen LogP contribution >= 0.6 is 11.6 Å². The van der Waals surface area contributed by atoms with Gasteiger partial charge in [-0.3, -0.25) is 9.36 Å². The molecule has 3 aromatic carbocycles. The van der Waals surface area contributed by atoms with Crippen molar-refractivity contribution in [1.82, 2.24) is 19.9 Å². The zero-order valence-electron chi connectivity index (χ0n) is 19.1. The number of methoxy groups -OCH3 is 1. The van der Waals surface area contributed by atoms with Gasteiger partial charge in [0.05, 0.1) is 18.1 Å². The molecule has 5 aromatic rings. The van der Waals surface area contributed by atoms with Crippen molar-refractivity contribution in [2.45, 2.75) is 19.4 Å². The molecular formula is C27H23ClN4O3. The first-order valence-electron chi connectivity index (χ1n) is 11.2. The molecule has 1 N–H and O–H groups in total. The van der Waals surface area contributed by atoms with Crippen LogP contribution < -0.4 is 10.1 Å². The Morgan fingerprint density at radius 2 is 1.83 bits per heavy atom. The fourth-order valence-corrected chi connectivity index (χ4v) is 4.04. The van der Waals surface area contributed by atoms with Gasteiger partial charge in [0, 0.05) is 35.5 Å². The van der Waals surface area contributed by atoms with Crippen molar-refractivity contribution >= 4 is 28.5 Å². The van der Waals surface area contributed by atoms with Gasteiger partial charge in [-0.05, 0) is 30.3 Å². The number of ether oxygens (including phenoxy) is 1. The molecule has 0 saturated carbocycles. The van der Waals surface area contributed by atoms with E-state index in [1.165, 1.54) is 0 Å². The minimum absolute atomic E-state index is 0.0935. The standard InChI is InChI=1S/C27H23ClN4O3/c1-34-23-9-5-2-6-19(23)16-29-25(33)15-14-24-26(18-10-12-20(28)13-11-18)31-27(35-24)32-17-30-21-7-3-4-8-22(21)32/h2-13,17H,14-16H2,1H3,(H,29,33). The number of carbonyl (C=O) groups excluding carboxylic acids is 1. The number of para-hydroxylation sites is 3. The molecule has 0 aliphatic carbocycles. The highest BCUT2D eigenvalue weighted by Gasteiger charge is 2.19. The number of carbonyl (C=O) groups is 1. The summed E-state index contributed by atoms with van der Waals surface area (Å²) in [6.45, 7) is 0.384. The molecule has 0 aliphatic rings. The van der Waals surface area contributed by atoms with E-state index in [2.05, 4.69) is 10.3 Å². The summed E-state index contributed by atoms with van der Waals surface area (Å²) >= 11 is 6.08. The number of aromatic nitrogens is 3. The summed E-state index contributed by atoms with van der Waals surface area (Å²) < 4.78 is 13.3. The Morgan fingerprint density at radius 1 is 1.06 bits per heavy atom. The monoisotopic (exact) mass is 486 g/mol. The molecule has 0 aliphatic heterocycles. The number of hydrogen-bond donors (Lipinski definition) is 1. The van der Waals surface area contributed by atoms with E-state index in [4.69, 9.17) is 25.7 Å². The summed E-state index contributed by atoms with van der Waals surface area (Å²) in [6, 6.07) is 23.2. The number of fused-ring (bicyclic) bond motifs is 1. The molecule has 0 atom stereocenters. The van der Waals surface area contributed by atoms with Gasteiger partial charge < -0.3 is 14.5 Å². The largest absolute Gasteiger partial charge is 0.496 e. The van der Waals surface area contributed by atoms with Gasteiger partial charge in [0.15, 0.2) is 0 Å². The molecular weight excluding hydrogens is 464 g/mol. The van der Waals surface area contributed by atoms with Gasteiger partial charge in [-0.2, -0.15) is 4.98 Å². The highest BCUT2D eigenvalue weighted by molar-refractivity contribution is 6.30. The maximum Gasteiger partial charge on any atom is 0.308 e. The van der Waals surface area contributed by atoms with Gasteiger partial charge in [0.2, 0.25) is 5.91 Å². The highest BCUT2D eigenvalue weighted by atomic mass is 35.5. The number of aryl methyl sites for hydroxylation is 1. The molecule has 0 spiro atoms. The van der Waals surface area contributed by atoms with E-state index in [1.54, 1.807) is 18.0 Å². The molecule has 0 fully saturated rings. The summed E-state index contributed by atoms with van der Waals surface area (Å²) in [5, 5.41) is 3.59. The Bertz CT molecular complexity index is 1470. The zero-order valence-corrected chi connectivity index (χ0v) is 19.8. The third kappa shape index (κ3) is 4.90. The Hall–Kier alpha value is -4.10. The molecule has 8 heteroatoms. The first kappa shape index (κ1) is 22.7. The topological polar surface area (TPSA) is 82.2 Å². The normalized spacial score (nSPS) is 11.0. The third-order valence-electron chi connectivity index (χ3n) is 5.71. The van der Waals surface area contributed by atoms with Crippen molar-refractivity contribution in [2.75, 3.05) is 7.11 Å². The minimum Gasteiger partial charge on any atom is -0.496 e. The summed E-state index contributed by atoms with van der Waals surface area (Å²) in [7, 11) is 1.61. The van der Waals surface area contributed by atoms with Crippen molar-refractivity contribution in [3.05, 3.63) is 95.5 Å². The highest BCUT2D eigenvalue weighted by Crippen LogP contribution is 2.29. The van der Waals surface area contributed by atoms with Crippen LogP contribution in [0.3, 0.4) is 0 Å². The van der Waals surface area contributed by atoms with Gasteiger partial charge in [0.25, 0.3) is 0 Å². The van der Waals surface area contributed by atoms with Crippen LogP contribution in [-0.4, -0.2) is 27.6 Å². The zero-order chi connectivity index (χ0) is 24.2. The number of oxazole rings is 1. The van der Waals surface area contributed by atoms with Crippen molar-refractivity contribution in [3.8, 4) is 23.0 Å². The van der Waals surface area contributed by atoms with E-state index in [-0.39, 0.29) is 12.3 Å². The molecule has 176 valence electrons. The SMILES string of the molecule is COc1ccccc1CNC(=O)CCc1oc(-n2cnc3ccccc32)nc1-c1ccc(Cl)cc1. The van der Waals surface area contributed by atoms with Gasteiger partial charge in [-0.25, -0.2) is 4.98 Å². The van der Waals surface area contributed by atoms with E-state index in [1.807, 2.05) is 72.8 Å². The van der Waals surface area contributed by atoms with E-state index in [0.29, 0.717) is 35.5 Å². The first-order valence-corrected chi connectivity index (χ1v) is 11.6. The Morgan fingerprint density at radius 3 is 2.66 bits per heavy atom. The molecule has 2 aromatic heterocycles. The molecule has 0 saturated heterocycles. The van der Waals surface area contributed by atoms with Crippen LogP contribution in [-0.2, 0) is 17.8 Å². The summed E-state index contributed by atoms with van der Waals surface area (Å²) in [5.74, 6) is 1.27. The van der Waals surface area contributed by atoms with Crippen molar-refractivity contribution in [2.24, 2.45) is 0 Å². The fourth-order valence-electron chi connectivity index (χ4n) is 3.91. The van der Waals surface area contributed by atoms with E-state index in [9.17, 15) is 4.79 Å². The number of halogens is 1. The number of nitrogens with zero attached hydrogens (tertiary/aromatic N) is 3. The van der Waals surface area contributed by atoms with Crippen molar-refractivity contribution in [1.29, 1.82) is 0 Å². The molecule has 5 rings (SSSR count). The molecule has 2 heterocycles. The molecule has 0 unspecified atom stereocenters. The smallest absolute Gasteiger partial charge is 0.308 e. The molecule has 7 nitrogen and oxygen atoms in total. The predicted molar refractivity (Wildman–Crippen MR) is 135 cm³/mol. The number of amides is 1. The van der Waals surface area contributed by atoms with Crippen LogP contribution in [0.2, 0.25) is 5.02 Å². The first-order chi connectivity index (χ1) is 17.1. The number of hydrogen-bond acceptors (Lipinski definition) is 5. The number of nitrogens with one attached hydrogen (secondary N) is 1. The van der Waals surface area contributed by atoms with Gasteiger partial charge in [-0.1, -0.05) is 54.1 Å². The predicted octanol–water partition coefficient (Wildman–Crippen LogP) is 5.59. The van der Waals surface area contributed by atoms with Crippen LogP contribution in [0.4, 0.5) is 0 Å². The van der Waals surface area contributed by atoms with E-state index >= 15 is 0 Å². The van der Waals surface area contributed by atoms with Crippen LogP contribution in [0.15, 0.2) is 83.5 Å². The van der Waals surface area contributed by atoms with Crippen molar-refractivity contribution in [3.63, 3.8) is 0 Å². The van der Waals surface area contributed by atoms with Crippen molar-refractivity contribution < 1.29 is 13.9 Å². The second kappa shape index (κ2) is 10.0. The lowest BCUT2D eigenvalue weighted by Crippen LogP contribution is -2.23. The lowest BCUT2D eigenvalue weighted by Gasteiger charge is -2.09. The molecule has 0 radical (unpaired) electrons. The minimum atomic E-state index is -0.0935. The van der Waals surface area contributed by atoms with Crippen LogP contribution in [0.5, 0.6) is 5.75 Å². The number of benzene rings is 3. The number of imidazole rings is 1. The lowest BCUT2D eigenvalue weighted by molar-refractivity contribution is -0.121. The maximum atomic E-state index is 12.6. The van der Waals surface area contributed by atoms with Crippen LogP contribution in [0.1, 0.15) is 17.7 Å². The Balaban J connectivity index is 1.38. The van der Waals surface area contributed by atoms with E-state index in [0.717, 1.165) is 27.9 Å². The summed E-state index contributed by atoms with van der Waals surface area (Å²) in [5.41, 5.74) is 4.18. The second-order valence-electron chi connectivity index (χ2n) is 7.97. The van der Waals surface area contributed by atoms with Gasteiger partial charge in [-0.15, -0.1) is 0 Å². The van der Waals surface area contributed by atoms with Gasteiger partial charge in [0.1, 0.15) is 23.5 Å². The molecule has 1 amide bonds. The van der Waals surface area contributed by atoms with E-state index < -0.39 is 0 Å². The quantitative estimate of drug-likeness (QED) is 0.309. The number of rotatable bonds is 8. The average molecular weight is 487 g/mol. The fraction of sp³-hybridized carbons (Fsp3) is 0.148. The second-order valence-corrected chi connectivity index (χ2v) is 8.40. The molecule has 0 bridgehead atoms. The maximum absolute atomic E-state index is 12.6.